The van der Waals surface area contributed by atoms with Gasteiger partial charge in [0.15, 0.2) is 0 Å². The summed E-state index contributed by atoms with van der Waals surface area (Å²) in [5, 5.41) is 8.39. The molecule has 0 saturated carbocycles. The summed E-state index contributed by atoms with van der Waals surface area (Å²) >= 11 is 4.55. The third-order valence-corrected chi connectivity index (χ3v) is 1.87. The highest BCUT2D eigenvalue weighted by atomic mass is 32.1. The molecule has 1 amide bonds. The van der Waals surface area contributed by atoms with E-state index in [1.165, 1.54) is 0 Å². The molecule has 0 aromatic heterocycles. The van der Waals surface area contributed by atoms with E-state index in [2.05, 4.69) is 12.8 Å². The lowest BCUT2D eigenvalue weighted by Crippen LogP contribution is -2.23. The third-order valence-electron chi connectivity index (χ3n) is 1.53. The zero-order chi connectivity index (χ0) is 9.40. The summed E-state index contributed by atoms with van der Waals surface area (Å²) in [6.07, 6.45) is 2.85. The Labute approximate surface area is 78.3 Å². The van der Waals surface area contributed by atoms with Gasteiger partial charge in [-0.2, -0.15) is 0 Å². The van der Waals surface area contributed by atoms with E-state index in [1.807, 2.05) is 0 Å². The van der Waals surface area contributed by atoms with E-state index in [1.54, 1.807) is 0 Å². The highest BCUT2D eigenvalue weighted by Gasteiger charge is 1.96. The Bertz CT molecular complexity index is 133. The Morgan fingerprint density at radius 1 is 1.33 bits per heavy atom. The van der Waals surface area contributed by atoms with E-state index >= 15 is 0 Å². The standard InChI is InChI=1S/C7H15N2O2S/c8-5-3-1-2-4-6-9(12)7(10)11/h1-6,8H2,(H,10,11)/q-1. The van der Waals surface area contributed by atoms with Crippen LogP contribution in [0.5, 0.6) is 0 Å². The first-order valence-electron chi connectivity index (χ1n) is 4.06. The van der Waals surface area contributed by atoms with Crippen molar-refractivity contribution in [2.24, 2.45) is 5.73 Å². The number of hydrogen-bond donors (Lipinski definition) is 2. The molecular formula is C7H15N2O2S-. The van der Waals surface area contributed by atoms with Crippen LogP contribution in [-0.4, -0.2) is 28.6 Å². The summed E-state index contributed by atoms with van der Waals surface area (Å²) < 4.78 is 0.891. The smallest absolute Gasteiger partial charge is 0.384 e. The molecule has 0 aliphatic carbocycles. The highest BCUT2D eigenvalue weighted by molar-refractivity contribution is 7.56. The summed E-state index contributed by atoms with van der Waals surface area (Å²) in [4.78, 5) is 10.2. The zero-order valence-corrected chi connectivity index (χ0v) is 7.85. The maximum Gasteiger partial charge on any atom is 0.384 e. The van der Waals surface area contributed by atoms with Crippen LogP contribution in [0.4, 0.5) is 4.79 Å². The molecule has 0 unspecified atom stereocenters. The van der Waals surface area contributed by atoms with E-state index in [-0.39, 0.29) is 0 Å². The minimum Gasteiger partial charge on any atom is -0.661 e. The second kappa shape index (κ2) is 7.24. The number of rotatable bonds is 6. The van der Waals surface area contributed by atoms with Gasteiger partial charge < -0.3 is 28.0 Å². The van der Waals surface area contributed by atoms with Crippen molar-refractivity contribution in [2.75, 3.05) is 13.1 Å². The second-order valence-electron chi connectivity index (χ2n) is 2.59. The summed E-state index contributed by atoms with van der Waals surface area (Å²) in [7, 11) is 0. The van der Waals surface area contributed by atoms with Gasteiger partial charge in [0.05, 0.1) is 0 Å². The van der Waals surface area contributed by atoms with E-state index in [0.29, 0.717) is 13.1 Å². The van der Waals surface area contributed by atoms with Crippen LogP contribution in [0.2, 0.25) is 0 Å². The predicted molar refractivity (Wildman–Crippen MR) is 49.6 cm³/mol. The molecule has 0 spiro atoms. The number of carboxylic acid groups (broad SMARTS) is 1. The quantitative estimate of drug-likeness (QED) is 0.484. The van der Waals surface area contributed by atoms with Gasteiger partial charge in [0.25, 0.3) is 0 Å². The van der Waals surface area contributed by atoms with Gasteiger partial charge in [-0.1, -0.05) is 12.8 Å². The fourth-order valence-electron chi connectivity index (χ4n) is 0.849. The molecule has 72 valence electrons. The average molecular weight is 191 g/mol. The molecule has 0 saturated heterocycles. The van der Waals surface area contributed by atoms with E-state index < -0.39 is 6.09 Å². The van der Waals surface area contributed by atoms with Crippen molar-refractivity contribution in [1.29, 1.82) is 0 Å². The van der Waals surface area contributed by atoms with Gasteiger partial charge in [0.2, 0.25) is 0 Å². The van der Waals surface area contributed by atoms with E-state index in [9.17, 15) is 4.79 Å². The van der Waals surface area contributed by atoms with Crippen LogP contribution in [0, 0.1) is 0 Å². The molecule has 12 heavy (non-hydrogen) atoms. The largest absolute Gasteiger partial charge is 0.661 e. The molecule has 0 radical (unpaired) electrons. The van der Waals surface area contributed by atoms with E-state index in [4.69, 9.17) is 10.8 Å². The van der Waals surface area contributed by atoms with E-state index in [0.717, 1.165) is 30.0 Å². The van der Waals surface area contributed by atoms with Crippen molar-refractivity contribution >= 4 is 18.9 Å². The Kier molecular flexibility index (Phi) is 6.99. The predicted octanol–water partition coefficient (Wildman–Crippen LogP) is 0.947. The lowest BCUT2D eigenvalue weighted by molar-refractivity contribution is 0.175. The van der Waals surface area contributed by atoms with Crippen LogP contribution < -0.4 is 5.73 Å². The summed E-state index contributed by atoms with van der Waals surface area (Å²) in [5.41, 5.74) is 5.29. The molecule has 0 bridgehead atoms. The first-order valence-corrected chi connectivity index (χ1v) is 4.42. The molecule has 0 atom stereocenters. The molecule has 3 N–H and O–H groups in total. The fraction of sp³-hybridized carbons (Fsp3) is 0.857. The van der Waals surface area contributed by atoms with Crippen molar-refractivity contribution in [2.45, 2.75) is 25.7 Å². The maximum atomic E-state index is 10.2. The first-order chi connectivity index (χ1) is 5.68. The van der Waals surface area contributed by atoms with Crippen LogP contribution in [-0.2, 0) is 12.8 Å². The monoisotopic (exact) mass is 191 g/mol. The molecule has 0 aromatic rings. The summed E-state index contributed by atoms with van der Waals surface area (Å²) in [5.74, 6) is 0. The van der Waals surface area contributed by atoms with Crippen LogP contribution in [0.15, 0.2) is 0 Å². The van der Waals surface area contributed by atoms with Crippen LogP contribution in [0.3, 0.4) is 0 Å². The van der Waals surface area contributed by atoms with Gasteiger partial charge in [0.1, 0.15) is 0 Å². The number of hydrogen-bond acceptors (Lipinski definition) is 3. The topological polar surface area (TPSA) is 66.6 Å². The van der Waals surface area contributed by atoms with Crippen LogP contribution in [0.25, 0.3) is 0 Å². The van der Waals surface area contributed by atoms with Crippen molar-refractivity contribution in [3.63, 3.8) is 0 Å². The van der Waals surface area contributed by atoms with Crippen molar-refractivity contribution in [1.82, 2.24) is 4.31 Å². The van der Waals surface area contributed by atoms with Crippen LogP contribution >= 0.6 is 0 Å². The van der Waals surface area contributed by atoms with Crippen molar-refractivity contribution < 1.29 is 9.90 Å². The first kappa shape index (κ1) is 11.6. The van der Waals surface area contributed by atoms with Gasteiger partial charge in [-0.05, 0) is 25.9 Å². The fourth-order valence-corrected chi connectivity index (χ4v) is 0.978. The number of nitrogens with zero attached hydrogens (tertiary/aromatic N) is 1. The molecule has 0 aliphatic heterocycles. The maximum absolute atomic E-state index is 10.2. The zero-order valence-electron chi connectivity index (χ0n) is 7.03. The molecule has 0 aliphatic rings. The number of amides is 1. The third kappa shape index (κ3) is 6.30. The normalized spacial score (nSPS) is 9.83. The Morgan fingerprint density at radius 3 is 2.42 bits per heavy atom. The van der Waals surface area contributed by atoms with Crippen LogP contribution in [0.1, 0.15) is 25.7 Å². The molecule has 0 aromatic carbocycles. The molecule has 5 heteroatoms. The Hall–Kier alpha value is -0.420. The van der Waals surface area contributed by atoms with Gasteiger partial charge in [0, 0.05) is 0 Å². The van der Waals surface area contributed by atoms with Crippen molar-refractivity contribution in [3.8, 4) is 0 Å². The molecule has 0 fully saturated rings. The molecule has 0 rings (SSSR count). The molecular weight excluding hydrogens is 176 g/mol. The highest BCUT2D eigenvalue weighted by Crippen LogP contribution is 2.00. The Morgan fingerprint density at radius 2 is 1.92 bits per heavy atom. The number of carbonyl (C=O) groups is 1. The molecule has 0 heterocycles. The Balaban J connectivity index is 3.14. The van der Waals surface area contributed by atoms with Gasteiger partial charge in [-0.25, -0.2) is 4.79 Å². The summed E-state index contributed by atoms with van der Waals surface area (Å²) in [6.45, 7) is 1.14. The minimum absolute atomic E-state index is 0.440. The van der Waals surface area contributed by atoms with Gasteiger partial charge in [-0.3, -0.25) is 0 Å². The number of nitrogens with two attached hydrogens (primary N) is 1. The lowest BCUT2D eigenvalue weighted by Gasteiger charge is -2.25. The molecule has 4 nitrogen and oxygen atoms in total. The lowest BCUT2D eigenvalue weighted by atomic mass is 10.2. The summed E-state index contributed by atoms with van der Waals surface area (Å²) in [6, 6.07) is 0. The van der Waals surface area contributed by atoms with Gasteiger partial charge in [-0.15, -0.1) is 0 Å². The second-order valence-corrected chi connectivity index (χ2v) is 3.03. The van der Waals surface area contributed by atoms with Crippen molar-refractivity contribution in [3.05, 3.63) is 0 Å². The van der Waals surface area contributed by atoms with Gasteiger partial charge >= 0.3 is 6.09 Å². The SMILES string of the molecule is NCCCCCCN([S-])C(=O)O. The average Bonchev–Trinajstić information content (AvgIpc) is 2.03. The number of unbranched alkanes of at least 4 members (excludes halogenated alkanes) is 3. The minimum atomic E-state index is -1.04.